The highest BCUT2D eigenvalue weighted by Crippen LogP contribution is 2.50. The number of rotatable bonds is 9. The van der Waals surface area contributed by atoms with E-state index in [0.717, 1.165) is 71.0 Å². The molecule has 3 aliphatic rings. The van der Waals surface area contributed by atoms with Gasteiger partial charge in [-0.25, -0.2) is 0 Å². The van der Waals surface area contributed by atoms with Gasteiger partial charge >= 0.3 is 6.01 Å². The predicted octanol–water partition coefficient (Wildman–Crippen LogP) is 4.34. The minimum atomic E-state index is -0.0582. The number of likely N-dealkylation sites (tertiary alicyclic amines) is 1. The van der Waals surface area contributed by atoms with Gasteiger partial charge in [0.2, 0.25) is 5.91 Å². The van der Waals surface area contributed by atoms with Crippen molar-refractivity contribution in [1.29, 1.82) is 0 Å². The van der Waals surface area contributed by atoms with Gasteiger partial charge in [0, 0.05) is 43.2 Å². The standard InChI is InChI=1S/C33H39N7O4/c1-5-27(41)39-13-15-40(16-14-39)32-23-17-26(42-4)29(28-20(2)8-11-25-24(28)18-34-37-25)31(44-22-9-10-22)30(23)35-33(36-32)43-19-21-7-6-12-38(21)3/h5,8,11,17-18,21-22H,1,6-7,9-10,12-16,19H2,2-4H3,(H,34,37)/t21-/m0/s1. The van der Waals surface area contributed by atoms with Crippen LogP contribution in [-0.4, -0.2) is 102 Å². The molecule has 4 heterocycles. The summed E-state index contributed by atoms with van der Waals surface area (Å²) in [6.45, 7) is 9.70. The number of H-pyrrole nitrogens is 1. The molecule has 1 atom stereocenters. The third kappa shape index (κ3) is 5.19. The SMILES string of the molecule is C=CC(=O)N1CCN(c2nc(OC[C@@H]3CCCN3C)nc3c(OC4CC4)c(-c4c(C)ccc5[nH]ncc45)c(OC)cc23)CC1. The quantitative estimate of drug-likeness (QED) is 0.282. The fraction of sp³-hybridized carbons (Fsp3) is 0.455. The number of ether oxygens (including phenoxy) is 3. The molecule has 2 aromatic heterocycles. The fourth-order valence-corrected chi connectivity index (χ4v) is 6.43. The number of aryl methyl sites for hydroxylation is 1. The molecule has 2 saturated heterocycles. The van der Waals surface area contributed by atoms with Crippen molar-refractivity contribution >= 4 is 33.5 Å². The molecule has 2 aromatic carbocycles. The second kappa shape index (κ2) is 11.6. The number of carbonyl (C=O) groups excluding carboxylic acids is 1. The van der Waals surface area contributed by atoms with Crippen LogP contribution in [0.15, 0.2) is 37.1 Å². The Morgan fingerprint density at radius 1 is 1.09 bits per heavy atom. The number of piperazine rings is 1. The molecule has 1 amide bonds. The van der Waals surface area contributed by atoms with Gasteiger partial charge in [-0.1, -0.05) is 12.6 Å². The molecule has 3 fully saturated rings. The number of aromatic amines is 1. The van der Waals surface area contributed by atoms with E-state index in [9.17, 15) is 4.79 Å². The van der Waals surface area contributed by atoms with Gasteiger partial charge in [0.25, 0.3) is 0 Å². The number of anilines is 1. The van der Waals surface area contributed by atoms with Gasteiger partial charge in [0.1, 0.15) is 23.7 Å². The van der Waals surface area contributed by atoms with Crippen molar-refractivity contribution in [3.63, 3.8) is 0 Å². The second-order valence-electron chi connectivity index (χ2n) is 12.0. The van der Waals surface area contributed by atoms with Crippen LogP contribution < -0.4 is 19.1 Å². The Morgan fingerprint density at radius 2 is 1.91 bits per heavy atom. The van der Waals surface area contributed by atoms with E-state index in [1.165, 1.54) is 6.08 Å². The van der Waals surface area contributed by atoms with Crippen molar-refractivity contribution < 1.29 is 19.0 Å². The number of nitrogens with zero attached hydrogens (tertiary/aromatic N) is 6. The van der Waals surface area contributed by atoms with Crippen LogP contribution in [0.2, 0.25) is 0 Å². The number of likely N-dealkylation sites (N-methyl/N-ethyl adjacent to an activating group) is 1. The van der Waals surface area contributed by atoms with Gasteiger partial charge in [-0.05, 0) is 70.0 Å². The van der Waals surface area contributed by atoms with Gasteiger partial charge in [-0.2, -0.15) is 15.1 Å². The van der Waals surface area contributed by atoms with Crippen molar-refractivity contribution in [2.24, 2.45) is 0 Å². The van der Waals surface area contributed by atoms with Gasteiger partial charge < -0.3 is 28.9 Å². The molecule has 0 radical (unpaired) electrons. The zero-order valence-corrected chi connectivity index (χ0v) is 25.6. The van der Waals surface area contributed by atoms with E-state index in [4.69, 9.17) is 24.2 Å². The smallest absolute Gasteiger partial charge is 0.319 e. The summed E-state index contributed by atoms with van der Waals surface area (Å²) >= 11 is 0. The Bertz CT molecular complexity index is 1720. The summed E-state index contributed by atoms with van der Waals surface area (Å²) in [5, 5.41) is 9.25. The molecule has 1 aliphatic carbocycles. The molecule has 7 rings (SSSR count). The molecule has 11 heteroatoms. The predicted molar refractivity (Wildman–Crippen MR) is 170 cm³/mol. The van der Waals surface area contributed by atoms with E-state index in [-0.39, 0.29) is 12.0 Å². The van der Waals surface area contributed by atoms with E-state index in [1.54, 1.807) is 7.11 Å². The van der Waals surface area contributed by atoms with Gasteiger partial charge in [-0.15, -0.1) is 0 Å². The van der Waals surface area contributed by atoms with Crippen LogP contribution in [0.25, 0.3) is 32.9 Å². The molecule has 0 spiro atoms. The zero-order valence-electron chi connectivity index (χ0n) is 25.6. The van der Waals surface area contributed by atoms with Crippen molar-refractivity contribution in [3.8, 4) is 28.6 Å². The number of nitrogens with one attached hydrogen (secondary N) is 1. The van der Waals surface area contributed by atoms with E-state index < -0.39 is 0 Å². The lowest BCUT2D eigenvalue weighted by molar-refractivity contribution is -0.126. The molecule has 2 aliphatic heterocycles. The number of carbonyl (C=O) groups is 1. The van der Waals surface area contributed by atoms with Gasteiger partial charge in [0.15, 0.2) is 5.75 Å². The molecule has 44 heavy (non-hydrogen) atoms. The van der Waals surface area contributed by atoms with Crippen molar-refractivity contribution in [2.75, 3.05) is 58.4 Å². The van der Waals surface area contributed by atoms with Crippen molar-refractivity contribution in [3.05, 3.63) is 42.6 Å². The number of fused-ring (bicyclic) bond motifs is 2. The van der Waals surface area contributed by atoms with E-state index in [2.05, 4.69) is 46.6 Å². The first kappa shape index (κ1) is 28.4. The Balaban J connectivity index is 1.41. The van der Waals surface area contributed by atoms with Crippen molar-refractivity contribution in [1.82, 2.24) is 30.0 Å². The van der Waals surface area contributed by atoms with E-state index in [1.807, 2.05) is 23.2 Å². The molecular weight excluding hydrogens is 558 g/mol. The topological polar surface area (TPSA) is 109 Å². The van der Waals surface area contributed by atoms with Crippen LogP contribution in [0.3, 0.4) is 0 Å². The number of hydrogen-bond donors (Lipinski definition) is 1. The highest BCUT2D eigenvalue weighted by atomic mass is 16.5. The molecule has 0 unspecified atom stereocenters. The monoisotopic (exact) mass is 597 g/mol. The minimum Gasteiger partial charge on any atom is -0.496 e. The number of amides is 1. The van der Waals surface area contributed by atoms with Gasteiger partial charge in [-0.3, -0.25) is 9.89 Å². The number of aromatic nitrogens is 4. The maximum atomic E-state index is 12.3. The lowest BCUT2D eigenvalue weighted by Crippen LogP contribution is -2.48. The van der Waals surface area contributed by atoms with Crippen LogP contribution >= 0.6 is 0 Å². The number of benzene rings is 2. The first-order chi connectivity index (χ1) is 21.4. The summed E-state index contributed by atoms with van der Waals surface area (Å²) in [4.78, 5) is 28.7. The zero-order chi connectivity index (χ0) is 30.4. The molecule has 1 N–H and O–H groups in total. The fourth-order valence-electron chi connectivity index (χ4n) is 6.43. The summed E-state index contributed by atoms with van der Waals surface area (Å²) in [6.07, 6.45) is 7.55. The first-order valence-corrected chi connectivity index (χ1v) is 15.5. The summed E-state index contributed by atoms with van der Waals surface area (Å²) in [6, 6.07) is 6.80. The maximum absolute atomic E-state index is 12.3. The molecule has 4 aromatic rings. The minimum absolute atomic E-state index is 0.0582. The van der Waals surface area contributed by atoms with Gasteiger partial charge in [0.05, 0.1) is 35.9 Å². The van der Waals surface area contributed by atoms with Crippen LogP contribution in [-0.2, 0) is 4.79 Å². The molecule has 230 valence electrons. The first-order valence-electron chi connectivity index (χ1n) is 15.5. The highest BCUT2D eigenvalue weighted by Gasteiger charge is 2.32. The average molecular weight is 598 g/mol. The summed E-state index contributed by atoms with van der Waals surface area (Å²) in [5.74, 6) is 2.04. The lowest BCUT2D eigenvalue weighted by atomic mass is 9.94. The largest absolute Gasteiger partial charge is 0.496 e. The van der Waals surface area contributed by atoms with Crippen LogP contribution in [0.4, 0.5) is 5.82 Å². The normalized spacial score (nSPS) is 19.1. The van der Waals surface area contributed by atoms with E-state index >= 15 is 0 Å². The van der Waals surface area contributed by atoms with E-state index in [0.29, 0.717) is 61.9 Å². The Morgan fingerprint density at radius 3 is 2.61 bits per heavy atom. The Hall–Kier alpha value is -4.38. The summed E-state index contributed by atoms with van der Waals surface area (Å²) in [7, 11) is 3.82. The Labute approximate surface area is 256 Å². The summed E-state index contributed by atoms with van der Waals surface area (Å²) < 4.78 is 19.2. The number of hydrogen-bond acceptors (Lipinski definition) is 9. The third-order valence-corrected chi connectivity index (χ3v) is 9.12. The summed E-state index contributed by atoms with van der Waals surface area (Å²) in [5.41, 5.74) is 4.55. The second-order valence-corrected chi connectivity index (χ2v) is 12.0. The average Bonchev–Trinajstić information content (AvgIpc) is 3.57. The van der Waals surface area contributed by atoms with Crippen molar-refractivity contribution in [2.45, 2.75) is 44.8 Å². The maximum Gasteiger partial charge on any atom is 0.319 e. The Kier molecular flexibility index (Phi) is 7.49. The molecule has 0 bridgehead atoms. The van der Waals surface area contributed by atoms with Crippen LogP contribution in [0.1, 0.15) is 31.2 Å². The van der Waals surface area contributed by atoms with Crippen LogP contribution in [0.5, 0.6) is 17.5 Å². The number of methoxy groups -OCH3 is 1. The third-order valence-electron chi connectivity index (χ3n) is 9.12. The lowest BCUT2D eigenvalue weighted by Gasteiger charge is -2.35. The molecule has 1 saturated carbocycles. The van der Waals surface area contributed by atoms with Crippen LogP contribution in [0, 0.1) is 6.92 Å². The molecular formula is C33H39N7O4. The molecule has 11 nitrogen and oxygen atoms in total. The highest BCUT2D eigenvalue weighted by molar-refractivity contribution is 6.06.